The Bertz CT molecular complexity index is 126. The molecule has 0 aromatic rings. The Morgan fingerprint density at radius 1 is 1.50 bits per heavy atom. The van der Waals surface area contributed by atoms with Gasteiger partial charge in [-0.1, -0.05) is 21.3 Å². The molecular weight excluding hydrogens is 154 g/mol. The van der Waals surface area contributed by atoms with E-state index in [4.69, 9.17) is 5.11 Å². The predicted molar refractivity (Wildman–Crippen MR) is 51.4 cm³/mol. The largest absolute Gasteiger partial charge is 0.480 e. The Balaban J connectivity index is 0. The minimum absolute atomic E-state index is 0. The summed E-state index contributed by atoms with van der Waals surface area (Å²) >= 11 is 0. The first-order chi connectivity index (χ1) is 5.22. The smallest absolute Gasteiger partial charge is 0.320 e. The minimum atomic E-state index is -0.685. The zero-order valence-corrected chi connectivity index (χ0v) is 7.50. The van der Waals surface area contributed by atoms with Crippen LogP contribution in [0.3, 0.4) is 0 Å². The van der Waals surface area contributed by atoms with E-state index in [1.165, 1.54) is 0 Å². The summed E-state index contributed by atoms with van der Waals surface area (Å²) in [7, 11) is 1.85. The van der Waals surface area contributed by atoms with Crippen molar-refractivity contribution in [3.8, 4) is 0 Å². The van der Waals surface area contributed by atoms with Gasteiger partial charge in [0.25, 0.3) is 0 Å². The van der Waals surface area contributed by atoms with E-state index in [0.717, 1.165) is 19.4 Å². The molecule has 0 aromatic carbocycles. The topological polar surface area (TPSA) is 40.5 Å². The van der Waals surface area contributed by atoms with Gasteiger partial charge in [-0.05, 0) is 26.4 Å². The molecule has 0 aromatic heterocycles. The molecule has 0 aliphatic carbocycles. The maximum absolute atomic E-state index is 10.4. The molecule has 3 heteroatoms. The molecule has 1 aliphatic rings. The number of hydrogen-bond acceptors (Lipinski definition) is 2. The normalized spacial score (nSPS) is 22.1. The van der Waals surface area contributed by atoms with E-state index in [1.807, 2.05) is 25.8 Å². The second kappa shape index (κ2) is 7.10. The van der Waals surface area contributed by atoms with Crippen molar-refractivity contribution in [2.45, 2.75) is 40.2 Å². The van der Waals surface area contributed by atoms with Crippen LogP contribution in [0.1, 0.15) is 34.1 Å². The van der Waals surface area contributed by atoms with Gasteiger partial charge in [-0.25, -0.2) is 0 Å². The number of carbonyl (C=O) groups is 1. The SMILES string of the molecule is C.CC.CN1CCCC1C(=O)O. The van der Waals surface area contributed by atoms with Crippen molar-refractivity contribution in [2.24, 2.45) is 0 Å². The lowest BCUT2D eigenvalue weighted by molar-refractivity contribution is -0.141. The van der Waals surface area contributed by atoms with Crippen LogP contribution in [0, 0.1) is 0 Å². The van der Waals surface area contributed by atoms with Crippen molar-refractivity contribution in [1.82, 2.24) is 4.90 Å². The van der Waals surface area contributed by atoms with Crippen LogP contribution in [0.25, 0.3) is 0 Å². The average molecular weight is 175 g/mol. The van der Waals surface area contributed by atoms with Gasteiger partial charge >= 0.3 is 5.97 Å². The lowest BCUT2D eigenvalue weighted by Crippen LogP contribution is -2.32. The van der Waals surface area contributed by atoms with Gasteiger partial charge in [-0.2, -0.15) is 0 Å². The van der Waals surface area contributed by atoms with Gasteiger partial charge in [0, 0.05) is 0 Å². The monoisotopic (exact) mass is 175 g/mol. The summed E-state index contributed by atoms with van der Waals surface area (Å²) in [5, 5.41) is 8.54. The van der Waals surface area contributed by atoms with Crippen molar-refractivity contribution in [2.75, 3.05) is 13.6 Å². The molecule has 1 heterocycles. The van der Waals surface area contributed by atoms with E-state index in [1.54, 1.807) is 0 Å². The molecule has 1 unspecified atom stereocenters. The molecule has 1 saturated heterocycles. The summed E-state index contributed by atoms with van der Waals surface area (Å²) in [4.78, 5) is 12.2. The van der Waals surface area contributed by atoms with Gasteiger partial charge in [0.05, 0.1) is 0 Å². The maximum Gasteiger partial charge on any atom is 0.320 e. The van der Waals surface area contributed by atoms with Crippen LogP contribution in [0.2, 0.25) is 0 Å². The Hall–Kier alpha value is -0.570. The number of aliphatic carboxylic acids is 1. The number of rotatable bonds is 1. The molecular formula is C9H21NO2. The van der Waals surface area contributed by atoms with Crippen LogP contribution in [-0.2, 0) is 4.79 Å². The first kappa shape index (κ1) is 14.0. The molecule has 1 rings (SSSR count). The van der Waals surface area contributed by atoms with Crippen LogP contribution in [0.4, 0.5) is 0 Å². The van der Waals surface area contributed by atoms with Gasteiger partial charge in [-0.15, -0.1) is 0 Å². The molecule has 1 aliphatic heterocycles. The number of carboxylic acid groups (broad SMARTS) is 1. The Morgan fingerprint density at radius 2 is 2.00 bits per heavy atom. The summed E-state index contributed by atoms with van der Waals surface area (Å²) in [5.41, 5.74) is 0. The third-order valence-electron chi connectivity index (χ3n) is 1.81. The Labute approximate surface area is 75.4 Å². The van der Waals surface area contributed by atoms with Crippen molar-refractivity contribution in [1.29, 1.82) is 0 Å². The quantitative estimate of drug-likeness (QED) is 0.661. The number of likely N-dealkylation sites (tertiary alicyclic amines) is 1. The standard InChI is InChI=1S/C6H11NO2.C2H6.CH4/c1-7-4-2-3-5(7)6(8)9;1-2;/h5H,2-4H2,1H3,(H,8,9);1-2H3;1H4. The van der Waals surface area contributed by atoms with Crippen LogP contribution in [0.15, 0.2) is 0 Å². The Kier molecular flexibility index (Phi) is 8.27. The Morgan fingerprint density at radius 3 is 2.17 bits per heavy atom. The zero-order valence-electron chi connectivity index (χ0n) is 7.50. The maximum atomic E-state index is 10.4. The third-order valence-corrected chi connectivity index (χ3v) is 1.81. The van der Waals surface area contributed by atoms with Gasteiger partial charge in [0.2, 0.25) is 0 Å². The lowest BCUT2D eigenvalue weighted by Gasteiger charge is -2.13. The number of likely N-dealkylation sites (N-methyl/N-ethyl adjacent to an activating group) is 1. The lowest BCUT2D eigenvalue weighted by atomic mass is 10.2. The summed E-state index contributed by atoms with van der Waals surface area (Å²) in [6.07, 6.45) is 1.83. The third kappa shape index (κ3) is 3.72. The number of nitrogens with zero attached hydrogens (tertiary/aromatic N) is 1. The summed E-state index contributed by atoms with van der Waals surface area (Å²) in [6, 6.07) is -0.218. The molecule has 1 N–H and O–H groups in total. The van der Waals surface area contributed by atoms with Crippen LogP contribution < -0.4 is 0 Å². The highest BCUT2D eigenvalue weighted by atomic mass is 16.4. The van der Waals surface area contributed by atoms with Crippen LogP contribution in [0.5, 0.6) is 0 Å². The number of hydrogen-bond donors (Lipinski definition) is 1. The first-order valence-electron chi connectivity index (χ1n) is 4.15. The van der Waals surface area contributed by atoms with Gasteiger partial charge in [-0.3, -0.25) is 9.69 Å². The van der Waals surface area contributed by atoms with Gasteiger partial charge in [0.1, 0.15) is 6.04 Å². The molecule has 3 nitrogen and oxygen atoms in total. The molecule has 0 bridgehead atoms. The van der Waals surface area contributed by atoms with E-state index in [2.05, 4.69) is 0 Å². The summed E-state index contributed by atoms with van der Waals surface area (Å²) in [5.74, 6) is -0.685. The fourth-order valence-electron chi connectivity index (χ4n) is 1.22. The molecule has 12 heavy (non-hydrogen) atoms. The summed E-state index contributed by atoms with van der Waals surface area (Å²) in [6.45, 7) is 4.93. The second-order valence-electron chi connectivity index (χ2n) is 2.48. The molecule has 1 atom stereocenters. The van der Waals surface area contributed by atoms with Gasteiger partial charge in [0.15, 0.2) is 0 Å². The average Bonchev–Trinajstić information content (AvgIpc) is 2.39. The molecule has 0 saturated carbocycles. The number of carboxylic acids is 1. The fourth-order valence-corrected chi connectivity index (χ4v) is 1.22. The predicted octanol–water partition coefficient (Wildman–Crippen LogP) is 1.83. The van der Waals surface area contributed by atoms with Crippen molar-refractivity contribution in [3.05, 3.63) is 0 Å². The minimum Gasteiger partial charge on any atom is -0.480 e. The highest BCUT2D eigenvalue weighted by Gasteiger charge is 2.26. The van der Waals surface area contributed by atoms with Crippen LogP contribution >= 0.6 is 0 Å². The molecule has 0 amide bonds. The molecule has 1 fully saturated rings. The molecule has 0 spiro atoms. The fraction of sp³-hybridized carbons (Fsp3) is 0.889. The van der Waals surface area contributed by atoms with Crippen LogP contribution in [-0.4, -0.2) is 35.6 Å². The molecule has 74 valence electrons. The van der Waals surface area contributed by atoms with Crippen molar-refractivity contribution < 1.29 is 9.90 Å². The highest BCUT2D eigenvalue weighted by Crippen LogP contribution is 2.13. The van der Waals surface area contributed by atoms with E-state index in [0.29, 0.717) is 0 Å². The molecule has 0 radical (unpaired) electrons. The van der Waals surface area contributed by atoms with E-state index in [-0.39, 0.29) is 13.5 Å². The van der Waals surface area contributed by atoms with E-state index < -0.39 is 5.97 Å². The van der Waals surface area contributed by atoms with Crippen molar-refractivity contribution >= 4 is 5.97 Å². The van der Waals surface area contributed by atoms with E-state index >= 15 is 0 Å². The van der Waals surface area contributed by atoms with Gasteiger partial charge < -0.3 is 5.11 Å². The second-order valence-corrected chi connectivity index (χ2v) is 2.48. The van der Waals surface area contributed by atoms with Crippen molar-refractivity contribution in [3.63, 3.8) is 0 Å². The zero-order chi connectivity index (χ0) is 8.85. The first-order valence-corrected chi connectivity index (χ1v) is 4.15. The highest BCUT2D eigenvalue weighted by molar-refractivity contribution is 5.73. The van der Waals surface area contributed by atoms with E-state index in [9.17, 15) is 4.79 Å². The summed E-state index contributed by atoms with van der Waals surface area (Å²) < 4.78 is 0.